The molecular weight excluding hydrogens is 220 g/mol. The van der Waals surface area contributed by atoms with Crippen molar-refractivity contribution in [1.29, 1.82) is 0 Å². The van der Waals surface area contributed by atoms with Gasteiger partial charge in [-0.15, -0.1) is 0 Å². The zero-order chi connectivity index (χ0) is 11.9. The van der Waals surface area contributed by atoms with Gasteiger partial charge in [0.15, 0.2) is 0 Å². The van der Waals surface area contributed by atoms with E-state index in [0.29, 0.717) is 6.04 Å². The lowest BCUT2D eigenvalue weighted by Gasteiger charge is -2.37. The van der Waals surface area contributed by atoms with Gasteiger partial charge in [0.25, 0.3) is 0 Å². The van der Waals surface area contributed by atoms with E-state index in [4.69, 9.17) is 4.98 Å². The molecular formula is C16H17N2. The average Bonchev–Trinajstić information content (AvgIpc) is 2.34. The van der Waals surface area contributed by atoms with Gasteiger partial charge in [-0.25, -0.2) is 4.98 Å². The van der Waals surface area contributed by atoms with Crippen molar-refractivity contribution < 1.29 is 0 Å². The van der Waals surface area contributed by atoms with Crippen LogP contribution < -0.4 is 5.32 Å². The lowest BCUT2D eigenvalue weighted by molar-refractivity contribution is 0.262. The first-order valence-corrected chi connectivity index (χ1v) is 6.96. The summed E-state index contributed by atoms with van der Waals surface area (Å²) < 4.78 is 0. The van der Waals surface area contributed by atoms with Crippen LogP contribution in [0.1, 0.15) is 31.2 Å². The quantitative estimate of drug-likeness (QED) is 0.820. The van der Waals surface area contributed by atoms with Gasteiger partial charge in [-0.05, 0) is 55.4 Å². The maximum absolute atomic E-state index is 4.76. The van der Waals surface area contributed by atoms with Crippen molar-refractivity contribution in [2.45, 2.75) is 38.1 Å². The third kappa shape index (κ3) is 1.59. The Bertz CT molecular complexity index is 587. The Kier molecular flexibility index (Phi) is 2.29. The topological polar surface area (TPSA) is 24.9 Å². The van der Waals surface area contributed by atoms with Crippen LogP contribution in [0.3, 0.4) is 0 Å². The summed E-state index contributed by atoms with van der Waals surface area (Å²) in [5, 5.41) is 4.90. The van der Waals surface area contributed by atoms with E-state index in [0.717, 1.165) is 17.3 Å². The van der Waals surface area contributed by atoms with Crippen molar-refractivity contribution in [1.82, 2.24) is 4.98 Å². The van der Waals surface area contributed by atoms with Crippen molar-refractivity contribution in [3.05, 3.63) is 35.9 Å². The van der Waals surface area contributed by atoms with Gasteiger partial charge in [0.2, 0.25) is 0 Å². The monoisotopic (exact) mass is 237 g/mol. The van der Waals surface area contributed by atoms with E-state index in [9.17, 15) is 0 Å². The number of fused-ring (bicyclic) bond motifs is 2. The first kappa shape index (κ1) is 10.4. The van der Waals surface area contributed by atoms with E-state index in [2.05, 4.69) is 23.5 Å². The zero-order valence-electron chi connectivity index (χ0n) is 10.4. The first-order valence-electron chi connectivity index (χ1n) is 6.96. The Labute approximate surface area is 107 Å². The average molecular weight is 237 g/mol. The van der Waals surface area contributed by atoms with Crippen molar-refractivity contribution in [2.24, 2.45) is 5.92 Å². The number of benzene rings is 1. The molecule has 18 heavy (non-hydrogen) atoms. The highest BCUT2D eigenvalue weighted by Crippen LogP contribution is 2.36. The molecule has 1 aliphatic heterocycles. The lowest BCUT2D eigenvalue weighted by Crippen LogP contribution is -2.37. The SMILES string of the molecule is [c]1ccc2cc3c(nc2c1)N[C@H](C1CCC1)CC3. The molecule has 1 N–H and O–H groups in total. The van der Waals surface area contributed by atoms with Gasteiger partial charge < -0.3 is 5.32 Å². The zero-order valence-corrected chi connectivity index (χ0v) is 10.4. The summed E-state index contributed by atoms with van der Waals surface area (Å²) in [6.45, 7) is 0. The molecule has 91 valence electrons. The molecule has 2 heteroatoms. The van der Waals surface area contributed by atoms with Gasteiger partial charge in [0, 0.05) is 11.4 Å². The van der Waals surface area contributed by atoms with E-state index in [1.54, 1.807) is 0 Å². The minimum absolute atomic E-state index is 0.656. The number of aromatic nitrogens is 1. The maximum atomic E-state index is 4.76. The highest BCUT2D eigenvalue weighted by atomic mass is 15.0. The van der Waals surface area contributed by atoms with E-state index in [-0.39, 0.29) is 0 Å². The summed E-state index contributed by atoms with van der Waals surface area (Å²) in [5.74, 6) is 2.00. The van der Waals surface area contributed by atoms with E-state index < -0.39 is 0 Å². The Morgan fingerprint density at radius 2 is 2.22 bits per heavy atom. The van der Waals surface area contributed by atoms with Gasteiger partial charge in [-0.3, -0.25) is 0 Å². The number of aryl methyl sites for hydroxylation is 1. The van der Waals surface area contributed by atoms with Crippen molar-refractivity contribution in [3.63, 3.8) is 0 Å². The second-order valence-corrected chi connectivity index (χ2v) is 5.60. The minimum Gasteiger partial charge on any atom is -0.367 e. The standard InChI is InChI=1S/C16H17N2/c1-2-7-14-12(4-1)10-13-8-9-15(11-5-3-6-11)18-16(13)17-14/h1,4,7,10-11,15H,3,5-6,8-9H2,(H,17,18)/t15-/m0/s1. The molecule has 4 rings (SSSR count). The smallest absolute Gasteiger partial charge is 0.130 e. The Morgan fingerprint density at radius 3 is 3.06 bits per heavy atom. The minimum atomic E-state index is 0.656. The van der Waals surface area contributed by atoms with Crippen LogP contribution >= 0.6 is 0 Å². The third-order valence-electron chi connectivity index (χ3n) is 4.51. The fourth-order valence-corrected chi connectivity index (χ4v) is 3.17. The first-order chi connectivity index (χ1) is 8.90. The van der Waals surface area contributed by atoms with Gasteiger partial charge >= 0.3 is 0 Å². The largest absolute Gasteiger partial charge is 0.367 e. The van der Waals surface area contributed by atoms with Crippen LogP contribution in [-0.4, -0.2) is 11.0 Å². The molecule has 0 bridgehead atoms. The summed E-state index contributed by atoms with van der Waals surface area (Å²) in [4.78, 5) is 4.76. The molecule has 2 aliphatic rings. The van der Waals surface area contributed by atoms with Crippen molar-refractivity contribution >= 4 is 16.7 Å². The van der Waals surface area contributed by atoms with Crippen LogP contribution in [0.4, 0.5) is 5.82 Å². The molecule has 1 atom stereocenters. The molecule has 1 radical (unpaired) electrons. The van der Waals surface area contributed by atoms with E-state index in [1.807, 2.05) is 12.1 Å². The second-order valence-electron chi connectivity index (χ2n) is 5.60. The molecule has 1 aromatic carbocycles. The number of nitrogens with one attached hydrogen (secondary N) is 1. The Morgan fingerprint density at radius 1 is 1.28 bits per heavy atom. The van der Waals surface area contributed by atoms with Crippen LogP contribution in [0.2, 0.25) is 0 Å². The Balaban J connectivity index is 1.71. The van der Waals surface area contributed by atoms with Crippen LogP contribution in [0.5, 0.6) is 0 Å². The van der Waals surface area contributed by atoms with Gasteiger partial charge in [0.05, 0.1) is 5.52 Å². The van der Waals surface area contributed by atoms with Crippen molar-refractivity contribution in [3.8, 4) is 0 Å². The number of anilines is 1. The van der Waals surface area contributed by atoms with Crippen LogP contribution in [0.15, 0.2) is 24.3 Å². The number of nitrogens with zero attached hydrogens (tertiary/aromatic N) is 1. The molecule has 0 unspecified atom stereocenters. The number of pyridine rings is 1. The molecule has 0 amide bonds. The highest BCUT2D eigenvalue weighted by Gasteiger charge is 2.30. The van der Waals surface area contributed by atoms with E-state index >= 15 is 0 Å². The van der Waals surface area contributed by atoms with Gasteiger partial charge in [-0.2, -0.15) is 0 Å². The fraction of sp³-hybridized carbons (Fsp3) is 0.438. The molecule has 2 heterocycles. The molecule has 1 fully saturated rings. The third-order valence-corrected chi connectivity index (χ3v) is 4.51. The molecule has 1 saturated carbocycles. The fourth-order valence-electron chi connectivity index (χ4n) is 3.17. The lowest BCUT2D eigenvalue weighted by atomic mass is 9.77. The molecule has 2 nitrogen and oxygen atoms in total. The normalized spacial score (nSPS) is 23.2. The molecule has 0 spiro atoms. The highest BCUT2D eigenvalue weighted by molar-refractivity contribution is 5.81. The van der Waals surface area contributed by atoms with E-state index in [1.165, 1.54) is 43.1 Å². The maximum Gasteiger partial charge on any atom is 0.130 e. The molecule has 1 aromatic heterocycles. The van der Waals surface area contributed by atoms with Gasteiger partial charge in [0.1, 0.15) is 5.82 Å². The predicted molar refractivity (Wildman–Crippen MR) is 73.7 cm³/mol. The molecule has 2 aromatic rings. The van der Waals surface area contributed by atoms with Crippen LogP contribution in [-0.2, 0) is 6.42 Å². The number of hydrogen-bond donors (Lipinski definition) is 1. The summed E-state index contributed by atoms with van der Waals surface area (Å²) >= 11 is 0. The second kappa shape index (κ2) is 3.98. The number of hydrogen-bond acceptors (Lipinski definition) is 2. The molecule has 1 aliphatic carbocycles. The summed E-state index contributed by atoms with van der Waals surface area (Å²) in [7, 11) is 0. The van der Waals surface area contributed by atoms with Gasteiger partial charge in [-0.1, -0.05) is 18.6 Å². The number of rotatable bonds is 1. The van der Waals surface area contributed by atoms with Crippen LogP contribution in [0.25, 0.3) is 10.9 Å². The summed E-state index contributed by atoms with van der Waals surface area (Å²) in [6, 6.07) is 12.1. The predicted octanol–water partition coefficient (Wildman–Crippen LogP) is 3.56. The summed E-state index contributed by atoms with van der Waals surface area (Å²) in [6.07, 6.45) is 6.65. The van der Waals surface area contributed by atoms with Crippen molar-refractivity contribution in [2.75, 3.05) is 5.32 Å². The Hall–Kier alpha value is -1.57. The summed E-state index contributed by atoms with van der Waals surface area (Å²) in [5.41, 5.74) is 2.43. The van der Waals surface area contributed by atoms with Crippen LogP contribution in [0, 0.1) is 12.0 Å². The molecule has 0 saturated heterocycles.